The van der Waals surface area contributed by atoms with E-state index >= 15 is 0 Å². The molecule has 0 aliphatic heterocycles. The second-order valence-corrected chi connectivity index (χ2v) is 6.22. The molecule has 5 heteroatoms. The Balaban J connectivity index is 1.88. The van der Waals surface area contributed by atoms with E-state index in [1.165, 1.54) is 4.90 Å². The molecule has 0 saturated heterocycles. The maximum atomic E-state index is 12.4. The van der Waals surface area contributed by atoms with Crippen LogP contribution in [0.2, 0.25) is 0 Å². The van der Waals surface area contributed by atoms with Crippen LogP contribution in [0.15, 0.2) is 53.4 Å². The van der Waals surface area contributed by atoms with Gasteiger partial charge in [0.15, 0.2) is 0 Å². The zero-order valence-electron chi connectivity index (χ0n) is 13.2. The van der Waals surface area contributed by atoms with Crippen LogP contribution in [0.25, 0.3) is 0 Å². The van der Waals surface area contributed by atoms with Crippen molar-refractivity contribution in [3.63, 3.8) is 0 Å². The molecule has 122 valence electrons. The van der Waals surface area contributed by atoms with Crippen molar-refractivity contribution in [3.05, 3.63) is 59.7 Å². The lowest BCUT2D eigenvalue weighted by Crippen LogP contribution is -2.26. The van der Waals surface area contributed by atoms with Gasteiger partial charge in [-0.25, -0.2) is 0 Å². The summed E-state index contributed by atoms with van der Waals surface area (Å²) < 4.78 is 5.55. The summed E-state index contributed by atoms with van der Waals surface area (Å²) in [5.41, 5.74) is 7.04. The number of aryl methyl sites for hydroxylation is 1. The van der Waals surface area contributed by atoms with Crippen LogP contribution in [0, 0.1) is 6.92 Å². The number of benzene rings is 2. The van der Waals surface area contributed by atoms with Crippen molar-refractivity contribution < 1.29 is 9.53 Å². The topological polar surface area (TPSA) is 64.3 Å². The summed E-state index contributed by atoms with van der Waals surface area (Å²) in [7, 11) is 0. The minimum absolute atomic E-state index is 0.116. The van der Waals surface area contributed by atoms with Crippen molar-refractivity contribution in [1.82, 2.24) is 5.32 Å². The van der Waals surface area contributed by atoms with Crippen LogP contribution >= 0.6 is 11.8 Å². The van der Waals surface area contributed by atoms with Crippen molar-refractivity contribution in [3.8, 4) is 5.75 Å². The quantitative estimate of drug-likeness (QED) is 0.577. The van der Waals surface area contributed by atoms with Crippen LogP contribution in [-0.4, -0.2) is 31.4 Å². The van der Waals surface area contributed by atoms with E-state index in [0.29, 0.717) is 31.0 Å². The van der Waals surface area contributed by atoms with Gasteiger partial charge in [-0.3, -0.25) is 4.79 Å². The Morgan fingerprint density at radius 1 is 1.22 bits per heavy atom. The third-order valence-corrected chi connectivity index (χ3v) is 4.17. The van der Waals surface area contributed by atoms with Gasteiger partial charge in [0.2, 0.25) is 0 Å². The molecule has 0 aromatic heterocycles. The molecule has 0 bridgehead atoms. The Labute approximate surface area is 141 Å². The molecule has 0 spiro atoms. The highest BCUT2D eigenvalue weighted by atomic mass is 32.2. The number of amides is 1. The van der Waals surface area contributed by atoms with E-state index in [2.05, 4.69) is 17.4 Å². The van der Waals surface area contributed by atoms with Gasteiger partial charge in [-0.1, -0.05) is 29.8 Å². The fourth-order valence-electron chi connectivity index (χ4n) is 2.06. The first-order valence-corrected chi connectivity index (χ1v) is 8.59. The lowest BCUT2D eigenvalue weighted by molar-refractivity contribution is 0.0952. The molecule has 2 aromatic rings. The number of ether oxygens (including phenoxy) is 1. The van der Waals surface area contributed by atoms with Crippen LogP contribution in [0.5, 0.6) is 5.75 Å². The molecule has 4 nitrogen and oxygen atoms in total. The van der Waals surface area contributed by atoms with E-state index in [1.807, 2.05) is 43.3 Å². The highest BCUT2D eigenvalue weighted by molar-refractivity contribution is 7.99. The van der Waals surface area contributed by atoms with Crippen LogP contribution in [-0.2, 0) is 0 Å². The molecule has 0 unspecified atom stereocenters. The van der Waals surface area contributed by atoms with E-state index in [-0.39, 0.29) is 5.91 Å². The molecule has 2 aromatic carbocycles. The van der Waals surface area contributed by atoms with E-state index in [0.717, 1.165) is 11.3 Å². The number of thioether (sulfide) groups is 1. The van der Waals surface area contributed by atoms with Gasteiger partial charge < -0.3 is 15.8 Å². The second-order valence-electron chi connectivity index (χ2n) is 5.05. The lowest BCUT2D eigenvalue weighted by Gasteiger charge is -2.12. The number of carbonyl (C=O) groups is 1. The minimum Gasteiger partial charge on any atom is -0.491 e. The Morgan fingerprint density at radius 2 is 2.00 bits per heavy atom. The first kappa shape index (κ1) is 17.4. The summed E-state index contributed by atoms with van der Waals surface area (Å²) in [5.74, 6) is 1.28. The number of hydrogen-bond donors (Lipinski definition) is 2. The van der Waals surface area contributed by atoms with Gasteiger partial charge in [-0.15, -0.1) is 11.8 Å². The molecule has 0 saturated carbocycles. The maximum absolute atomic E-state index is 12.4. The van der Waals surface area contributed by atoms with Crippen molar-refractivity contribution in [2.24, 2.45) is 5.73 Å². The highest BCUT2D eigenvalue weighted by Gasteiger charge is 2.12. The molecule has 3 N–H and O–H groups in total. The Hall–Kier alpha value is -1.98. The zero-order chi connectivity index (χ0) is 16.5. The van der Waals surface area contributed by atoms with Crippen LogP contribution < -0.4 is 15.8 Å². The van der Waals surface area contributed by atoms with E-state index in [4.69, 9.17) is 10.5 Å². The summed E-state index contributed by atoms with van der Waals surface area (Å²) in [6.07, 6.45) is 0. The molecule has 1 amide bonds. The lowest BCUT2D eigenvalue weighted by atomic mass is 10.1. The van der Waals surface area contributed by atoms with E-state index in [9.17, 15) is 4.79 Å². The van der Waals surface area contributed by atoms with Crippen LogP contribution in [0.4, 0.5) is 0 Å². The van der Waals surface area contributed by atoms with Crippen LogP contribution in [0.1, 0.15) is 15.9 Å². The fraction of sp³-hybridized carbons (Fsp3) is 0.278. The zero-order valence-corrected chi connectivity index (χ0v) is 14.1. The van der Waals surface area contributed by atoms with Crippen molar-refractivity contribution >= 4 is 17.7 Å². The van der Waals surface area contributed by atoms with Gasteiger partial charge >= 0.3 is 0 Å². The molecular weight excluding hydrogens is 308 g/mol. The summed E-state index contributed by atoms with van der Waals surface area (Å²) in [6, 6.07) is 15.7. The summed E-state index contributed by atoms with van der Waals surface area (Å²) in [5, 5.41) is 2.94. The molecule has 0 aliphatic rings. The molecule has 2 rings (SSSR count). The first-order valence-electron chi connectivity index (χ1n) is 7.60. The fourth-order valence-corrected chi connectivity index (χ4v) is 2.85. The number of nitrogens with two attached hydrogens (primary N) is 1. The molecule has 0 radical (unpaired) electrons. The second kappa shape index (κ2) is 9.22. The van der Waals surface area contributed by atoms with Gasteiger partial charge in [0, 0.05) is 23.7 Å². The molecular formula is C18H22N2O2S. The number of hydrogen-bond acceptors (Lipinski definition) is 4. The van der Waals surface area contributed by atoms with Gasteiger partial charge in [0.05, 0.1) is 5.56 Å². The third-order valence-electron chi connectivity index (χ3n) is 3.15. The minimum atomic E-state index is -0.116. The number of nitrogens with one attached hydrogen (secondary N) is 1. The monoisotopic (exact) mass is 330 g/mol. The number of rotatable bonds is 8. The molecule has 0 aliphatic carbocycles. The average molecular weight is 330 g/mol. The Morgan fingerprint density at radius 3 is 2.74 bits per heavy atom. The van der Waals surface area contributed by atoms with Gasteiger partial charge in [0.1, 0.15) is 12.4 Å². The smallest absolute Gasteiger partial charge is 0.255 e. The SMILES string of the molecule is Cc1ccc(OCCN)c(C(=O)NCCSc2ccccc2)c1. The van der Waals surface area contributed by atoms with Gasteiger partial charge in [0.25, 0.3) is 5.91 Å². The normalized spacial score (nSPS) is 10.3. The standard InChI is InChI=1S/C18H22N2O2S/c1-14-7-8-17(22-11-9-19)16(13-14)18(21)20-10-12-23-15-5-3-2-4-6-15/h2-8,13H,9-12,19H2,1H3,(H,20,21). The molecule has 0 fully saturated rings. The van der Waals surface area contributed by atoms with E-state index in [1.54, 1.807) is 11.8 Å². The largest absolute Gasteiger partial charge is 0.491 e. The summed E-state index contributed by atoms with van der Waals surface area (Å²) in [6.45, 7) is 3.37. The third kappa shape index (κ3) is 5.62. The van der Waals surface area contributed by atoms with Crippen molar-refractivity contribution in [2.45, 2.75) is 11.8 Å². The van der Waals surface area contributed by atoms with Gasteiger partial charge in [-0.05, 0) is 31.2 Å². The van der Waals surface area contributed by atoms with E-state index < -0.39 is 0 Å². The number of carbonyl (C=O) groups excluding carboxylic acids is 1. The predicted molar refractivity (Wildman–Crippen MR) is 95.2 cm³/mol. The van der Waals surface area contributed by atoms with Gasteiger partial charge in [-0.2, -0.15) is 0 Å². The Kier molecular flexibility index (Phi) is 6.97. The molecule has 0 atom stereocenters. The Bertz CT molecular complexity index is 632. The maximum Gasteiger partial charge on any atom is 0.255 e. The van der Waals surface area contributed by atoms with Crippen LogP contribution in [0.3, 0.4) is 0 Å². The highest BCUT2D eigenvalue weighted by Crippen LogP contribution is 2.20. The first-order chi connectivity index (χ1) is 11.2. The predicted octanol–water partition coefficient (Wildman–Crippen LogP) is 2.85. The van der Waals surface area contributed by atoms with Crippen molar-refractivity contribution in [1.29, 1.82) is 0 Å². The van der Waals surface area contributed by atoms with Crippen molar-refractivity contribution in [2.75, 3.05) is 25.4 Å². The summed E-state index contributed by atoms with van der Waals surface area (Å²) in [4.78, 5) is 13.6. The molecule has 0 heterocycles. The summed E-state index contributed by atoms with van der Waals surface area (Å²) >= 11 is 1.72. The molecule has 23 heavy (non-hydrogen) atoms. The average Bonchev–Trinajstić information content (AvgIpc) is 2.58.